The number of pyridine rings is 1. The first-order valence-corrected chi connectivity index (χ1v) is 9.00. The molecule has 0 fully saturated rings. The van der Waals surface area contributed by atoms with Gasteiger partial charge in [-0.25, -0.2) is 4.98 Å². The summed E-state index contributed by atoms with van der Waals surface area (Å²) in [6.45, 7) is 6.85. The first-order valence-electron chi connectivity index (χ1n) is 4.22. The van der Waals surface area contributed by atoms with Gasteiger partial charge in [0, 0.05) is 0 Å². The summed E-state index contributed by atoms with van der Waals surface area (Å²) in [6.07, 6.45) is 2.64. The predicted molar refractivity (Wildman–Crippen MR) is 65.8 cm³/mol. The van der Waals surface area contributed by atoms with Gasteiger partial charge in [-0.1, -0.05) is 19.6 Å². The Hall–Kier alpha value is -0.103. The van der Waals surface area contributed by atoms with Gasteiger partial charge in [0.15, 0.2) is 0 Å². The minimum absolute atomic E-state index is 0.856. The first kappa shape index (κ1) is 11.0. The summed E-state index contributed by atoms with van der Waals surface area (Å²) in [5.41, 5.74) is 0. The maximum Gasteiger partial charge on any atom is 0.137 e. The number of ether oxygens (including phenoxy) is 1. The van der Waals surface area contributed by atoms with E-state index in [1.165, 1.54) is 0 Å². The Balaban J connectivity index is 2.51. The molecule has 4 heteroatoms. The van der Waals surface area contributed by atoms with Crippen LogP contribution in [0.15, 0.2) is 18.3 Å². The van der Waals surface area contributed by atoms with Crippen molar-refractivity contribution < 1.29 is 4.74 Å². The van der Waals surface area contributed by atoms with Gasteiger partial charge in [0.1, 0.15) is 9.45 Å². The summed E-state index contributed by atoms with van der Waals surface area (Å²) in [7, 11) is -1.11. The Morgan fingerprint density at radius 1 is 1.38 bits per heavy atom. The van der Waals surface area contributed by atoms with Gasteiger partial charge in [0.2, 0.25) is 0 Å². The summed E-state index contributed by atoms with van der Waals surface area (Å²) in [6, 6.07) is 3.93. The maximum atomic E-state index is 5.62. The molecule has 0 atom stereocenters. The van der Waals surface area contributed by atoms with Crippen molar-refractivity contribution >= 4 is 30.7 Å². The lowest BCUT2D eigenvalue weighted by Gasteiger charge is -2.16. The molecule has 0 spiro atoms. The quantitative estimate of drug-likeness (QED) is 0.487. The molecule has 0 unspecified atom stereocenters. The summed E-state index contributed by atoms with van der Waals surface area (Å²) in [5, 5.41) is 0. The fourth-order valence-corrected chi connectivity index (χ4v) is 1.67. The molecule has 0 aliphatic heterocycles. The lowest BCUT2D eigenvalue weighted by Crippen LogP contribution is -2.30. The Morgan fingerprint density at radius 2 is 2.08 bits per heavy atom. The highest BCUT2D eigenvalue weighted by molar-refractivity contribution is 14.1. The van der Waals surface area contributed by atoms with Crippen LogP contribution in [0.1, 0.15) is 0 Å². The number of halogens is 1. The zero-order chi connectivity index (χ0) is 9.90. The molecule has 1 aromatic rings. The monoisotopic (exact) mass is 307 g/mol. The molecule has 13 heavy (non-hydrogen) atoms. The van der Waals surface area contributed by atoms with Crippen molar-refractivity contribution in [2.75, 3.05) is 6.23 Å². The fraction of sp³-hybridized carbons (Fsp3) is 0.444. The Labute approximate surface area is 93.9 Å². The molecule has 0 aromatic carbocycles. The lowest BCUT2D eigenvalue weighted by molar-refractivity contribution is 0.376. The Kier molecular flexibility index (Phi) is 3.72. The summed E-state index contributed by atoms with van der Waals surface area (Å²) in [4.78, 5) is 4.16. The van der Waals surface area contributed by atoms with Gasteiger partial charge in [-0.15, -0.1) is 0 Å². The molecule has 1 rings (SSSR count). The second kappa shape index (κ2) is 4.41. The molecular formula is C9H14INOSi. The van der Waals surface area contributed by atoms with E-state index in [1.54, 1.807) is 6.20 Å². The Bertz CT molecular complexity index is 268. The van der Waals surface area contributed by atoms with Crippen LogP contribution in [-0.4, -0.2) is 19.3 Å². The van der Waals surface area contributed by atoms with Crippen LogP contribution in [0.25, 0.3) is 0 Å². The van der Waals surface area contributed by atoms with Crippen molar-refractivity contribution in [2.45, 2.75) is 19.6 Å². The van der Waals surface area contributed by atoms with Crippen molar-refractivity contribution in [3.63, 3.8) is 0 Å². The third-order valence-electron chi connectivity index (χ3n) is 1.37. The number of nitrogens with zero attached hydrogens (tertiary/aromatic N) is 1. The molecular weight excluding hydrogens is 293 g/mol. The van der Waals surface area contributed by atoms with Crippen LogP contribution in [0, 0.1) is 3.70 Å². The van der Waals surface area contributed by atoms with E-state index in [4.69, 9.17) is 4.74 Å². The second-order valence-electron chi connectivity index (χ2n) is 4.17. The molecule has 72 valence electrons. The van der Waals surface area contributed by atoms with Crippen LogP contribution in [0.5, 0.6) is 5.75 Å². The smallest absolute Gasteiger partial charge is 0.137 e. The highest BCUT2D eigenvalue weighted by Gasteiger charge is 2.13. The van der Waals surface area contributed by atoms with Gasteiger partial charge in [-0.2, -0.15) is 0 Å². The van der Waals surface area contributed by atoms with Crippen molar-refractivity contribution in [1.82, 2.24) is 4.98 Å². The lowest BCUT2D eigenvalue weighted by atomic mass is 10.5. The van der Waals surface area contributed by atoms with E-state index < -0.39 is 8.07 Å². The average Bonchev–Trinajstić information content (AvgIpc) is 2.02. The van der Waals surface area contributed by atoms with Gasteiger partial charge in [-0.3, -0.25) is 0 Å². The van der Waals surface area contributed by atoms with Crippen LogP contribution < -0.4 is 4.74 Å². The van der Waals surface area contributed by atoms with Crippen molar-refractivity contribution in [2.24, 2.45) is 0 Å². The summed E-state index contributed by atoms with van der Waals surface area (Å²) < 4.78 is 6.62. The summed E-state index contributed by atoms with van der Waals surface area (Å²) in [5.74, 6) is 0.878. The number of aromatic nitrogens is 1. The van der Waals surface area contributed by atoms with E-state index in [2.05, 4.69) is 47.2 Å². The van der Waals surface area contributed by atoms with Crippen molar-refractivity contribution in [3.05, 3.63) is 22.0 Å². The molecule has 2 nitrogen and oxygen atoms in total. The standard InChI is InChI=1S/C9H14INOSi/c1-13(2,3)7-12-8-4-5-9(10)11-6-8/h4-6H,7H2,1-3H3. The largest absolute Gasteiger partial charge is 0.496 e. The van der Waals surface area contributed by atoms with Gasteiger partial charge < -0.3 is 4.74 Å². The van der Waals surface area contributed by atoms with Gasteiger partial charge >= 0.3 is 0 Å². The minimum atomic E-state index is -1.11. The molecule has 0 saturated carbocycles. The number of hydrogen-bond acceptors (Lipinski definition) is 2. The second-order valence-corrected chi connectivity index (χ2v) is 10.7. The number of rotatable bonds is 3. The Morgan fingerprint density at radius 3 is 2.54 bits per heavy atom. The number of hydrogen-bond donors (Lipinski definition) is 0. The predicted octanol–water partition coefficient (Wildman–Crippen LogP) is 2.94. The van der Waals surface area contributed by atoms with E-state index in [0.717, 1.165) is 15.7 Å². The van der Waals surface area contributed by atoms with E-state index in [1.807, 2.05) is 12.1 Å². The molecule has 0 N–H and O–H groups in total. The normalized spacial score (nSPS) is 11.4. The highest BCUT2D eigenvalue weighted by Crippen LogP contribution is 2.12. The van der Waals surface area contributed by atoms with Crippen molar-refractivity contribution in [1.29, 1.82) is 0 Å². The third-order valence-corrected chi connectivity index (χ3v) is 3.02. The molecule has 0 radical (unpaired) electrons. The highest BCUT2D eigenvalue weighted by atomic mass is 127. The maximum absolute atomic E-state index is 5.62. The van der Waals surface area contributed by atoms with E-state index in [-0.39, 0.29) is 0 Å². The minimum Gasteiger partial charge on any atom is -0.496 e. The van der Waals surface area contributed by atoms with Crippen LogP contribution in [0.2, 0.25) is 19.6 Å². The van der Waals surface area contributed by atoms with Crippen LogP contribution in [0.4, 0.5) is 0 Å². The van der Waals surface area contributed by atoms with Gasteiger partial charge in [0.05, 0.1) is 20.5 Å². The molecule has 0 amide bonds. The fourth-order valence-electron chi connectivity index (χ4n) is 0.747. The average molecular weight is 307 g/mol. The van der Waals surface area contributed by atoms with Crippen molar-refractivity contribution in [3.8, 4) is 5.75 Å². The van der Waals surface area contributed by atoms with E-state index in [9.17, 15) is 0 Å². The molecule has 0 saturated heterocycles. The van der Waals surface area contributed by atoms with E-state index in [0.29, 0.717) is 0 Å². The van der Waals surface area contributed by atoms with Crippen LogP contribution in [0.3, 0.4) is 0 Å². The van der Waals surface area contributed by atoms with Crippen LogP contribution >= 0.6 is 22.6 Å². The third kappa shape index (κ3) is 4.61. The van der Waals surface area contributed by atoms with E-state index >= 15 is 0 Å². The SMILES string of the molecule is C[Si](C)(C)COc1ccc(I)nc1. The summed E-state index contributed by atoms with van der Waals surface area (Å²) >= 11 is 2.18. The van der Waals surface area contributed by atoms with Crippen LogP contribution in [-0.2, 0) is 0 Å². The molecule has 0 bridgehead atoms. The molecule has 0 aliphatic carbocycles. The molecule has 1 aromatic heterocycles. The first-order chi connectivity index (χ1) is 5.97. The molecule has 0 aliphatic rings. The zero-order valence-electron chi connectivity index (χ0n) is 8.17. The van der Waals surface area contributed by atoms with Gasteiger partial charge in [-0.05, 0) is 34.7 Å². The zero-order valence-corrected chi connectivity index (χ0v) is 11.3. The molecule has 1 heterocycles. The van der Waals surface area contributed by atoms with Gasteiger partial charge in [0.25, 0.3) is 0 Å². The topological polar surface area (TPSA) is 22.1 Å².